The summed E-state index contributed by atoms with van der Waals surface area (Å²) in [6.07, 6.45) is 12.0. The highest BCUT2D eigenvalue weighted by Crippen LogP contribution is 2.34. The van der Waals surface area contributed by atoms with Gasteiger partial charge in [-0.05, 0) is 42.0 Å². The predicted molar refractivity (Wildman–Crippen MR) is 142 cm³/mol. The molecule has 0 saturated carbocycles. The average Bonchev–Trinajstić information content (AvgIpc) is 3.43. The Balaban J connectivity index is 1.32. The van der Waals surface area contributed by atoms with Crippen LogP contribution in [0.1, 0.15) is 57.4 Å². The zero-order chi connectivity index (χ0) is 25.6. The molecule has 3 heterocycles. The molecule has 1 amide bonds. The topological polar surface area (TPSA) is 84.2 Å². The fraction of sp³-hybridized carbons (Fsp3) is 0.286. The van der Waals surface area contributed by atoms with Gasteiger partial charge in [0.05, 0.1) is 33.5 Å². The molecule has 0 aliphatic heterocycles. The summed E-state index contributed by atoms with van der Waals surface area (Å²) in [7, 11) is 0. The molecule has 7 nitrogen and oxygen atoms in total. The van der Waals surface area contributed by atoms with Gasteiger partial charge in [-0.15, -0.1) is 0 Å². The number of aromatic nitrogens is 3. The standard InChI is InChI=1S/C28H27Cl2N5O2/c29-23-15-31-16-24(30)26(23)28(36)34-13-19-4-1-5-20(12-19)17-35(11-9-22-14-32-18-37-22)25-8-2-6-21-7-3-10-33-27(21)25/h1,3-5,7,10,12,14-16,18,25H,2,6,8-9,11,13,17H2,(H,34,36). The van der Waals surface area contributed by atoms with Crippen molar-refractivity contribution < 1.29 is 9.21 Å². The number of nitrogens with one attached hydrogen (secondary N) is 1. The van der Waals surface area contributed by atoms with E-state index in [-0.39, 0.29) is 27.6 Å². The second-order valence-corrected chi connectivity index (χ2v) is 9.94. The van der Waals surface area contributed by atoms with Gasteiger partial charge in [0.15, 0.2) is 6.39 Å². The number of carbonyl (C=O) groups excluding carboxylic acids is 1. The van der Waals surface area contributed by atoms with Crippen molar-refractivity contribution in [3.63, 3.8) is 0 Å². The Morgan fingerprint density at radius 2 is 1.92 bits per heavy atom. The molecule has 0 bridgehead atoms. The van der Waals surface area contributed by atoms with Gasteiger partial charge in [-0.3, -0.25) is 19.7 Å². The normalized spacial score (nSPS) is 14.9. The zero-order valence-electron chi connectivity index (χ0n) is 20.2. The lowest BCUT2D eigenvalue weighted by Gasteiger charge is -2.35. The molecule has 0 saturated heterocycles. The van der Waals surface area contributed by atoms with Gasteiger partial charge in [-0.1, -0.05) is 53.5 Å². The molecule has 190 valence electrons. The molecule has 1 unspecified atom stereocenters. The van der Waals surface area contributed by atoms with E-state index in [1.54, 1.807) is 6.20 Å². The number of amides is 1. The molecular weight excluding hydrogens is 509 g/mol. The van der Waals surface area contributed by atoms with Gasteiger partial charge in [0.2, 0.25) is 0 Å². The summed E-state index contributed by atoms with van der Waals surface area (Å²) in [4.78, 5) is 27.9. The second-order valence-electron chi connectivity index (χ2n) is 9.12. The first kappa shape index (κ1) is 25.4. The molecule has 1 N–H and O–H groups in total. The summed E-state index contributed by atoms with van der Waals surface area (Å²) in [6, 6.07) is 12.7. The zero-order valence-corrected chi connectivity index (χ0v) is 21.8. The molecule has 9 heteroatoms. The number of carbonyl (C=O) groups is 1. The van der Waals surface area contributed by atoms with Crippen LogP contribution in [0.2, 0.25) is 10.0 Å². The largest absolute Gasteiger partial charge is 0.448 e. The summed E-state index contributed by atoms with van der Waals surface area (Å²) >= 11 is 12.3. The van der Waals surface area contributed by atoms with Crippen molar-refractivity contribution >= 4 is 29.1 Å². The lowest BCUT2D eigenvalue weighted by Crippen LogP contribution is -2.33. The van der Waals surface area contributed by atoms with E-state index < -0.39 is 0 Å². The monoisotopic (exact) mass is 535 g/mol. The predicted octanol–water partition coefficient (Wildman–Crippen LogP) is 5.82. The molecule has 3 aromatic heterocycles. The van der Waals surface area contributed by atoms with Crippen molar-refractivity contribution in [2.24, 2.45) is 0 Å². The number of aryl methyl sites for hydroxylation is 1. The van der Waals surface area contributed by atoms with E-state index in [1.807, 2.05) is 24.4 Å². The van der Waals surface area contributed by atoms with Crippen LogP contribution in [-0.2, 0) is 25.9 Å². The van der Waals surface area contributed by atoms with Crippen molar-refractivity contribution in [1.82, 2.24) is 25.2 Å². The van der Waals surface area contributed by atoms with Gasteiger partial charge in [0.25, 0.3) is 5.91 Å². The molecule has 37 heavy (non-hydrogen) atoms. The molecule has 1 aromatic carbocycles. The van der Waals surface area contributed by atoms with Gasteiger partial charge in [0, 0.05) is 44.6 Å². The first-order valence-electron chi connectivity index (χ1n) is 12.3. The van der Waals surface area contributed by atoms with Gasteiger partial charge < -0.3 is 9.73 Å². The Morgan fingerprint density at radius 3 is 2.73 bits per heavy atom. The van der Waals surface area contributed by atoms with Crippen LogP contribution in [0.4, 0.5) is 0 Å². The molecule has 1 atom stereocenters. The lowest BCUT2D eigenvalue weighted by molar-refractivity contribution is 0.0951. The van der Waals surface area contributed by atoms with Crippen molar-refractivity contribution in [2.75, 3.05) is 6.54 Å². The number of hydrogen-bond donors (Lipinski definition) is 1. The summed E-state index contributed by atoms with van der Waals surface area (Å²) in [6.45, 7) is 1.92. The highest BCUT2D eigenvalue weighted by Gasteiger charge is 2.27. The minimum Gasteiger partial charge on any atom is -0.448 e. The van der Waals surface area contributed by atoms with E-state index in [2.05, 4.69) is 38.4 Å². The minimum atomic E-state index is -0.332. The third-order valence-electron chi connectivity index (χ3n) is 6.65. The third-order valence-corrected chi connectivity index (χ3v) is 7.22. The van der Waals surface area contributed by atoms with E-state index >= 15 is 0 Å². The highest BCUT2D eigenvalue weighted by molar-refractivity contribution is 6.39. The fourth-order valence-electron chi connectivity index (χ4n) is 4.88. The van der Waals surface area contributed by atoms with Crippen LogP contribution in [0.25, 0.3) is 0 Å². The van der Waals surface area contributed by atoms with Crippen LogP contribution in [0, 0.1) is 0 Å². The third kappa shape index (κ3) is 6.18. The lowest BCUT2D eigenvalue weighted by atomic mass is 9.90. The van der Waals surface area contributed by atoms with Crippen molar-refractivity contribution in [3.05, 3.63) is 111 Å². The smallest absolute Gasteiger partial charge is 0.254 e. The number of pyridine rings is 2. The summed E-state index contributed by atoms with van der Waals surface area (Å²) in [5.74, 6) is 0.535. The van der Waals surface area contributed by atoms with Crippen molar-refractivity contribution in [1.29, 1.82) is 0 Å². The number of fused-ring (bicyclic) bond motifs is 1. The van der Waals surface area contributed by atoms with E-state index in [1.165, 1.54) is 30.0 Å². The molecule has 5 rings (SSSR count). The summed E-state index contributed by atoms with van der Waals surface area (Å²) < 4.78 is 5.50. The maximum Gasteiger partial charge on any atom is 0.254 e. The number of nitrogens with zero attached hydrogens (tertiary/aromatic N) is 4. The molecule has 1 aliphatic rings. The Bertz CT molecular complexity index is 1340. The van der Waals surface area contributed by atoms with Crippen molar-refractivity contribution in [2.45, 2.75) is 44.8 Å². The minimum absolute atomic E-state index is 0.225. The Labute approximate surface area is 225 Å². The van der Waals surface area contributed by atoms with E-state index in [4.69, 9.17) is 32.6 Å². The van der Waals surface area contributed by atoms with E-state index in [0.29, 0.717) is 6.54 Å². The molecular formula is C28H27Cl2N5O2. The van der Waals surface area contributed by atoms with Crippen LogP contribution < -0.4 is 5.32 Å². The van der Waals surface area contributed by atoms with Crippen molar-refractivity contribution in [3.8, 4) is 0 Å². The maximum atomic E-state index is 12.7. The van der Waals surface area contributed by atoms with Crippen LogP contribution in [-0.4, -0.2) is 32.3 Å². The molecule has 0 fully saturated rings. The second kappa shape index (κ2) is 11.9. The Hall–Kier alpha value is -3.26. The Morgan fingerprint density at radius 1 is 1.08 bits per heavy atom. The van der Waals surface area contributed by atoms with Gasteiger partial charge in [-0.2, -0.15) is 0 Å². The Kier molecular flexibility index (Phi) is 8.14. The SMILES string of the molecule is O=C(NCc1cccc(CN(CCc2cnco2)C2CCCc3cccnc32)c1)c1c(Cl)cncc1Cl. The number of hydrogen-bond acceptors (Lipinski definition) is 6. The number of halogens is 2. The van der Waals surface area contributed by atoms with Crippen LogP contribution in [0.15, 0.2) is 72.0 Å². The average molecular weight is 536 g/mol. The quantitative estimate of drug-likeness (QED) is 0.290. The van der Waals surface area contributed by atoms with Gasteiger partial charge >= 0.3 is 0 Å². The van der Waals surface area contributed by atoms with Gasteiger partial charge in [0.1, 0.15) is 5.76 Å². The van der Waals surface area contributed by atoms with Crippen LogP contribution in [0.3, 0.4) is 0 Å². The van der Waals surface area contributed by atoms with Crippen LogP contribution >= 0.6 is 23.2 Å². The van der Waals surface area contributed by atoms with E-state index in [0.717, 1.165) is 55.7 Å². The van der Waals surface area contributed by atoms with Crippen LogP contribution in [0.5, 0.6) is 0 Å². The van der Waals surface area contributed by atoms with Gasteiger partial charge in [-0.25, -0.2) is 4.98 Å². The summed E-state index contributed by atoms with van der Waals surface area (Å²) in [5.41, 5.74) is 4.88. The summed E-state index contributed by atoms with van der Waals surface area (Å²) in [5, 5.41) is 3.37. The molecule has 0 radical (unpaired) electrons. The number of oxazole rings is 1. The highest BCUT2D eigenvalue weighted by atomic mass is 35.5. The first-order chi connectivity index (χ1) is 18.1. The molecule has 1 aliphatic carbocycles. The first-order valence-corrected chi connectivity index (χ1v) is 13.0. The maximum absolute atomic E-state index is 12.7. The van der Waals surface area contributed by atoms with E-state index in [9.17, 15) is 4.79 Å². The number of rotatable bonds is 9. The molecule has 4 aromatic rings. The fourth-order valence-corrected chi connectivity index (χ4v) is 5.41. The molecule has 0 spiro atoms. The number of benzene rings is 1.